The zero-order valence-electron chi connectivity index (χ0n) is 11.5. The second-order valence-corrected chi connectivity index (χ2v) is 5.83. The lowest BCUT2D eigenvalue weighted by Crippen LogP contribution is -2.42. The number of rotatable bonds is 3. The van der Waals surface area contributed by atoms with Gasteiger partial charge in [-0.1, -0.05) is 12.5 Å². The number of hydrogen-bond acceptors (Lipinski definition) is 4. The maximum atomic E-state index is 11.3. The van der Waals surface area contributed by atoms with Gasteiger partial charge in [-0.25, -0.2) is 0 Å². The molecule has 1 aromatic rings. The number of nitro groups is 1. The molecule has 5 nitrogen and oxygen atoms in total. The highest BCUT2D eigenvalue weighted by molar-refractivity contribution is 5.65. The summed E-state index contributed by atoms with van der Waals surface area (Å²) in [6.45, 7) is 0.744. The molecule has 0 aromatic heterocycles. The normalized spacial score (nSPS) is 25.6. The van der Waals surface area contributed by atoms with E-state index < -0.39 is 0 Å². The van der Waals surface area contributed by atoms with Crippen LogP contribution in [-0.4, -0.2) is 22.6 Å². The monoisotopic (exact) mass is 276 g/mol. The van der Waals surface area contributed by atoms with E-state index in [4.69, 9.17) is 5.11 Å². The number of nitrogens with zero attached hydrogens (tertiary/aromatic N) is 2. The highest BCUT2D eigenvalue weighted by Gasteiger charge is 2.37. The predicted octanol–water partition coefficient (Wildman–Crippen LogP) is 2.86. The molecule has 1 aliphatic carbocycles. The van der Waals surface area contributed by atoms with Crippen molar-refractivity contribution in [2.75, 3.05) is 11.4 Å². The van der Waals surface area contributed by atoms with Crippen LogP contribution in [0.25, 0.3) is 0 Å². The van der Waals surface area contributed by atoms with Crippen LogP contribution in [0.15, 0.2) is 18.2 Å². The van der Waals surface area contributed by atoms with Crippen LogP contribution < -0.4 is 4.90 Å². The van der Waals surface area contributed by atoms with Crippen molar-refractivity contribution in [3.63, 3.8) is 0 Å². The van der Waals surface area contributed by atoms with Crippen LogP contribution in [0.1, 0.15) is 37.7 Å². The summed E-state index contributed by atoms with van der Waals surface area (Å²) in [5, 5.41) is 20.5. The molecule has 2 fully saturated rings. The van der Waals surface area contributed by atoms with Crippen LogP contribution in [-0.2, 0) is 6.61 Å². The van der Waals surface area contributed by atoms with Crippen molar-refractivity contribution in [1.82, 2.24) is 0 Å². The molecule has 1 aliphatic heterocycles. The SMILES string of the molecule is O=[N+]([O-])c1cc(CO)ccc1N1CCCC2CCCC21. The number of benzene rings is 1. The number of anilines is 1. The molecule has 2 aliphatic rings. The molecule has 0 bridgehead atoms. The van der Waals surface area contributed by atoms with Crippen molar-refractivity contribution in [2.45, 2.75) is 44.8 Å². The molecular weight excluding hydrogens is 256 g/mol. The van der Waals surface area contributed by atoms with Gasteiger partial charge in [-0.2, -0.15) is 0 Å². The first kappa shape index (κ1) is 13.4. The smallest absolute Gasteiger partial charge is 0.292 e. The number of fused-ring (bicyclic) bond motifs is 1. The molecule has 5 heteroatoms. The Hall–Kier alpha value is -1.62. The zero-order valence-corrected chi connectivity index (χ0v) is 11.5. The average Bonchev–Trinajstić information content (AvgIpc) is 2.95. The van der Waals surface area contributed by atoms with Crippen molar-refractivity contribution in [2.24, 2.45) is 5.92 Å². The quantitative estimate of drug-likeness (QED) is 0.681. The third kappa shape index (κ3) is 2.26. The largest absolute Gasteiger partial charge is 0.392 e. The van der Waals surface area contributed by atoms with Gasteiger partial charge in [-0.3, -0.25) is 10.1 Å². The van der Waals surface area contributed by atoms with Crippen molar-refractivity contribution >= 4 is 11.4 Å². The number of aliphatic hydroxyl groups is 1. The highest BCUT2D eigenvalue weighted by atomic mass is 16.6. The second-order valence-electron chi connectivity index (χ2n) is 5.83. The van der Waals surface area contributed by atoms with Gasteiger partial charge in [-0.15, -0.1) is 0 Å². The Labute approximate surface area is 118 Å². The van der Waals surface area contributed by atoms with E-state index in [2.05, 4.69) is 4.90 Å². The summed E-state index contributed by atoms with van der Waals surface area (Å²) in [5.74, 6) is 0.695. The predicted molar refractivity (Wildman–Crippen MR) is 76.7 cm³/mol. The van der Waals surface area contributed by atoms with Gasteiger partial charge < -0.3 is 10.0 Å². The first-order chi connectivity index (χ1) is 9.70. The van der Waals surface area contributed by atoms with E-state index in [9.17, 15) is 10.1 Å². The summed E-state index contributed by atoms with van der Waals surface area (Å²) < 4.78 is 0. The number of hydrogen-bond donors (Lipinski definition) is 1. The fourth-order valence-corrected chi connectivity index (χ4v) is 3.81. The van der Waals surface area contributed by atoms with Gasteiger partial charge in [0.15, 0.2) is 0 Å². The maximum absolute atomic E-state index is 11.3. The number of aliphatic hydroxyl groups excluding tert-OH is 1. The van der Waals surface area contributed by atoms with Crippen LogP contribution in [0.3, 0.4) is 0 Å². The van der Waals surface area contributed by atoms with Crippen molar-refractivity contribution < 1.29 is 10.0 Å². The van der Waals surface area contributed by atoms with Crippen LogP contribution >= 0.6 is 0 Å². The van der Waals surface area contributed by atoms with Gasteiger partial charge in [0.1, 0.15) is 5.69 Å². The Kier molecular flexibility index (Phi) is 3.61. The Morgan fingerprint density at radius 1 is 1.30 bits per heavy atom. The molecule has 20 heavy (non-hydrogen) atoms. The standard InChI is InChI=1S/C15H20N2O3/c18-10-11-6-7-14(15(9-11)17(19)20)16-8-2-4-12-3-1-5-13(12)16/h6-7,9,12-13,18H,1-5,8,10H2. The summed E-state index contributed by atoms with van der Waals surface area (Å²) in [5.41, 5.74) is 1.45. The molecule has 1 aromatic carbocycles. The van der Waals surface area contributed by atoms with Gasteiger partial charge in [0, 0.05) is 18.7 Å². The van der Waals surface area contributed by atoms with Crippen molar-refractivity contribution in [3.8, 4) is 0 Å². The first-order valence-electron chi connectivity index (χ1n) is 7.35. The van der Waals surface area contributed by atoms with Crippen molar-refractivity contribution in [1.29, 1.82) is 0 Å². The van der Waals surface area contributed by atoms with Crippen LogP contribution in [0.4, 0.5) is 11.4 Å². The minimum absolute atomic E-state index is 0.129. The van der Waals surface area contributed by atoms with Crippen molar-refractivity contribution in [3.05, 3.63) is 33.9 Å². The molecule has 3 rings (SSSR count). The van der Waals surface area contributed by atoms with Crippen LogP contribution in [0.5, 0.6) is 0 Å². The summed E-state index contributed by atoms with van der Waals surface area (Å²) in [6.07, 6.45) is 5.99. The van der Waals surface area contributed by atoms with E-state index in [1.54, 1.807) is 6.07 Å². The van der Waals surface area contributed by atoms with Gasteiger partial charge in [-0.05, 0) is 43.2 Å². The maximum Gasteiger partial charge on any atom is 0.292 e. The Balaban J connectivity index is 1.98. The Morgan fingerprint density at radius 2 is 2.10 bits per heavy atom. The van der Waals surface area contributed by atoms with Gasteiger partial charge >= 0.3 is 0 Å². The fourth-order valence-electron chi connectivity index (χ4n) is 3.81. The van der Waals surface area contributed by atoms with E-state index in [-0.39, 0.29) is 17.2 Å². The third-order valence-electron chi connectivity index (χ3n) is 4.72. The zero-order chi connectivity index (χ0) is 14.1. The third-order valence-corrected chi connectivity index (χ3v) is 4.72. The lowest BCUT2D eigenvalue weighted by atomic mass is 9.91. The molecule has 1 saturated heterocycles. The van der Waals surface area contributed by atoms with Gasteiger partial charge in [0.25, 0.3) is 5.69 Å². The molecule has 1 N–H and O–H groups in total. The van der Waals surface area contributed by atoms with Crippen LogP contribution in [0, 0.1) is 16.0 Å². The number of piperidine rings is 1. The highest BCUT2D eigenvalue weighted by Crippen LogP contribution is 2.41. The topological polar surface area (TPSA) is 66.6 Å². The van der Waals surface area contributed by atoms with E-state index in [1.165, 1.54) is 25.3 Å². The summed E-state index contributed by atoms with van der Waals surface area (Å²) in [6, 6.07) is 5.57. The molecule has 2 unspecified atom stereocenters. The molecular formula is C15H20N2O3. The summed E-state index contributed by atoms with van der Waals surface area (Å²) >= 11 is 0. The Morgan fingerprint density at radius 3 is 2.85 bits per heavy atom. The van der Waals surface area contributed by atoms with Crippen LogP contribution in [0.2, 0.25) is 0 Å². The molecule has 1 heterocycles. The van der Waals surface area contributed by atoms with Gasteiger partial charge in [0.05, 0.1) is 11.5 Å². The second kappa shape index (κ2) is 5.40. The first-order valence-corrected chi connectivity index (χ1v) is 7.35. The molecule has 108 valence electrons. The molecule has 2 atom stereocenters. The average molecular weight is 276 g/mol. The minimum atomic E-state index is -0.326. The molecule has 0 amide bonds. The van der Waals surface area contributed by atoms with E-state index in [0.29, 0.717) is 17.5 Å². The van der Waals surface area contributed by atoms with E-state index in [0.717, 1.165) is 25.1 Å². The summed E-state index contributed by atoms with van der Waals surface area (Å²) in [7, 11) is 0. The van der Waals surface area contributed by atoms with Gasteiger partial charge in [0.2, 0.25) is 0 Å². The number of nitro benzene ring substituents is 1. The van der Waals surface area contributed by atoms with E-state index >= 15 is 0 Å². The molecule has 0 spiro atoms. The lowest BCUT2D eigenvalue weighted by molar-refractivity contribution is -0.384. The fraction of sp³-hybridized carbons (Fsp3) is 0.600. The molecule has 1 saturated carbocycles. The summed E-state index contributed by atoms with van der Waals surface area (Å²) in [4.78, 5) is 13.2. The minimum Gasteiger partial charge on any atom is -0.392 e. The lowest BCUT2D eigenvalue weighted by Gasteiger charge is -2.39. The van der Waals surface area contributed by atoms with E-state index in [1.807, 2.05) is 6.07 Å². The molecule has 0 radical (unpaired) electrons. The Bertz CT molecular complexity index is 518.